The summed E-state index contributed by atoms with van der Waals surface area (Å²) in [5.74, 6) is -0.176. The van der Waals surface area contributed by atoms with Gasteiger partial charge in [-0.1, -0.05) is 36.4 Å². The molecule has 5 heteroatoms. The molecule has 2 aromatic carbocycles. The number of aromatic amines is 1. The summed E-state index contributed by atoms with van der Waals surface area (Å²) < 4.78 is 0. The molecular formula is C25H29N3O2. The van der Waals surface area contributed by atoms with E-state index in [9.17, 15) is 9.59 Å². The third-order valence-corrected chi connectivity index (χ3v) is 5.41. The van der Waals surface area contributed by atoms with Gasteiger partial charge in [-0.2, -0.15) is 0 Å². The fraction of sp³-hybridized carbons (Fsp3) is 0.280. The van der Waals surface area contributed by atoms with Gasteiger partial charge in [-0.3, -0.25) is 9.59 Å². The van der Waals surface area contributed by atoms with Gasteiger partial charge >= 0.3 is 0 Å². The van der Waals surface area contributed by atoms with Gasteiger partial charge in [-0.15, -0.1) is 0 Å². The van der Waals surface area contributed by atoms with Crippen molar-refractivity contribution in [3.63, 3.8) is 0 Å². The minimum atomic E-state index is -0.176. The van der Waals surface area contributed by atoms with Crippen LogP contribution in [0.1, 0.15) is 45.2 Å². The molecule has 0 spiro atoms. The zero-order chi connectivity index (χ0) is 21.7. The monoisotopic (exact) mass is 403 g/mol. The molecule has 0 saturated carbocycles. The molecule has 0 aliphatic heterocycles. The largest absolute Gasteiger partial charge is 0.367 e. The highest BCUT2D eigenvalue weighted by atomic mass is 16.1. The highest BCUT2D eigenvalue weighted by Crippen LogP contribution is 2.25. The van der Waals surface area contributed by atoms with E-state index in [1.165, 1.54) is 5.56 Å². The number of hydrogen-bond acceptors (Lipinski definition) is 3. The molecule has 1 heterocycles. The molecule has 0 atom stereocenters. The zero-order valence-corrected chi connectivity index (χ0v) is 18.1. The van der Waals surface area contributed by atoms with Gasteiger partial charge in [-0.25, -0.2) is 0 Å². The lowest BCUT2D eigenvalue weighted by atomic mass is 10.0. The molecular weight excluding hydrogens is 374 g/mol. The molecule has 0 saturated heterocycles. The first-order valence-corrected chi connectivity index (χ1v) is 10.3. The van der Waals surface area contributed by atoms with E-state index < -0.39 is 0 Å². The second kappa shape index (κ2) is 9.44. The maximum atomic E-state index is 12.9. The molecule has 3 rings (SSSR count). The highest BCUT2D eigenvalue weighted by molar-refractivity contribution is 5.97. The first-order chi connectivity index (χ1) is 14.4. The standard InChI is InChI=1S/C25H29N3O2/c1-5-28(16-20-10-7-6-8-11-20)23-13-9-12-21(19(23)4)24(29)26-15-22-17(2)14-18(3)27-25(22)30/h6-14H,5,15-16H2,1-4H3,(H,26,29)(H,27,30). The maximum absolute atomic E-state index is 12.9. The van der Waals surface area contributed by atoms with Gasteiger partial charge in [0.2, 0.25) is 0 Å². The molecule has 0 bridgehead atoms. The third kappa shape index (κ3) is 4.79. The molecule has 2 N–H and O–H groups in total. The molecule has 1 amide bonds. The van der Waals surface area contributed by atoms with E-state index in [0.29, 0.717) is 11.1 Å². The number of amides is 1. The molecule has 0 unspecified atom stereocenters. The smallest absolute Gasteiger partial charge is 0.253 e. The minimum absolute atomic E-state index is 0.154. The van der Waals surface area contributed by atoms with Crippen molar-refractivity contribution in [2.75, 3.05) is 11.4 Å². The van der Waals surface area contributed by atoms with Gasteiger partial charge in [0.05, 0.1) is 0 Å². The number of anilines is 1. The SMILES string of the molecule is CCN(Cc1ccccc1)c1cccc(C(=O)NCc2c(C)cc(C)[nH]c2=O)c1C. The van der Waals surface area contributed by atoms with Crippen LogP contribution < -0.4 is 15.8 Å². The molecule has 1 aromatic heterocycles. The van der Waals surface area contributed by atoms with Crippen LogP contribution in [-0.4, -0.2) is 17.4 Å². The van der Waals surface area contributed by atoms with Gasteiger partial charge in [0.1, 0.15) is 0 Å². The van der Waals surface area contributed by atoms with Crippen LogP contribution in [-0.2, 0) is 13.1 Å². The number of H-pyrrole nitrogens is 1. The van der Waals surface area contributed by atoms with Crippen LogP contribution in [0.4, 0.5) is 5.69 Å². The van der Waals surface area contributed by atoms with Crippen molar-refractivity contribution in [3.05, 3.63) is 98.5 Å². The molecule has 0 radical (unpaired) electrons. The number of benzene rings is 2. The lowest BCUT2D eigenvalue weighted by molar-refractivity contribution is 0.0950. The quantitative estimate of drug-likeness (QED) is 0.620. The zero-order valence-electron chi connectivity index (χ0n) is 18.1. The Morgan fingerprint density at radius 2 is 1.77 bits per heavy atom. The molecule has 156 valence electrons. The van der Waals surface area contributed by atoms with Crippen molar-refractivity contribution < 1.29 is 4.79 Å². The van der Waals surface area contributed by atoms with Crippen molar-refractivity contribution in [1.82, 2.24) is 10.3 Å². The molecule has 0 aliphatic carbocycles. The Morgan fingerprint density at radius 1 is 1.03 bits per heavy atom. The number of pyridine rings is 1. The minimum Gasteiger partial charge on any atom is -0.367 e. The summed E-state index contributed by atoms with van der Waals surface area (Å²) in [6, 6.07) is 18.0. The number of aryl methyl sites for hydroxylation is 2. The second-order valence-corrected chi connectivity index (χ2v) is 7.58. The van der Waals surface area contributed by atoms with E-state index in [1.54, 1.807) is 0 Å². The molecule has 3 aromatic rings. The fourth-order valence-electron chi connectivity index (χ4n) is 3.75. The van der Waals surface area contributed by atoms with Crippen LogP contribution in [0.3, 0.4) is 0 Å². The summed E-state index contributed by atoms with van der Waals surface area (Å²) in [5, 5.41) is 2.91. The van der Waals surface area contributed by atoms with E-state index in [4.69, 9.17) is 0 Å². The first kappa shape index (κ1) is 21.4. The maximum Gasteiger partial charge on any atom is 0.253 e. The summed E-state index contributed by atoms with van der Waals surface area (Å²) in [6.45, 7) is 9.63. The van der Waals surface area contributed by atoms with E-state index >= 15 is 0 Å². The van der Waals surface area contributed by atoms with E-state index in [2.05, 4.69) is 34.3 Å². The summed E-state index contributed by atoms with van der Waals surface area (Å²) in [6.07, 6.45) is 0. The number of carbonyl (C=O) groups is 1. The molecule has 0 fully saturated rings. The van der Waals surface area contributed by atoms with Crippen LogP contribution in [0.15, 0.2) is 59.4 Å². The van der Waals surface area contributed by atoms with Crippen molar-refractivity contribution >= 4 is 11.6 Å². The second-order valence-electron chi connectivity index (χ2n) is 7.58. The normalized spacial score (nSPS) is 10.7. The Morgan fingerprint density at radius 3 is 2.43 bits per heavy atom. The van der Waals surface area contributed by atoms with Gasteiger partial charge in [0.15, 0.2) is 0 Å². The van der Waals surface area contributed by atoms with Crippen LogP contribution in [0.25, 0.3) is 0 Å². The van der Waals surface area contributed by atoms with Crippen LogP contribution in [0, 0.1) is 20.8 Å². The van der Waals surface area contributed by atoms with E-state index in [0.717, 1.165) is 35.6 Å². The topological polar surface area (TPSA) is 65.2 Å². The summed E-state index contributed by atoms with van der Waals surface area (Å²) >= 11 is 0. The summed E-state index contributed by atoms with van der Waals surface area (Å²) in [7, 11) is 0. The van der Waals surface area contributed by atoms with Crippen molar-refractivity contribution in [2.24, 2.45) is 0 Å². The number of hydrogen-bond donors (Lipinski definition) is 2. The molecule has 0 aliphatic rings. The Bertz CT molecular complexity index is 1090. The number of nitrogens with zero attached hydrogens (tertiary/aromatic N) is 1. The van der Waals surface area contributed by atoms with Gasteiger partial charge in [0.25, 0.3) is 11.5 Å². The predicted octanol–water partition coefficient (Wildman–Crippen LogP) is 4.26. The average molecular weight is 404 g/mol. The van der Waals surface area contributed by atoms with Crippen molar-refractivity contribution in [3.8, 4) is 0 Å². The van der Waals surface area contributed by atoms with Gasteiger partial charge in [0, 0.05) is 42.1 Å². The van der Waals surface area contributed by atoms with E-state index in [1.807, 2.05) is 63.2 Å². The Kier molecular flexibility index (Phi) is 6.72. The van der Waals surface area contributed by atoms with E-state index in [-0.39, 0.29) is 18.0 Å². The van der Waals surface area contributed by atoms with Gasteiger partial charge < -0.3 is 15.2 Å². The van der Waals surface area contributed by atoms with Crippen LogP contribution in [0.2, 0.25) is 0 Å². The van der Waals surface area contributed by atoms with Crippen LogP contribution >= 0.6 is 0 Å². The lowest BCUT2D eigenvalue weighted by Crippen LogP contribution is -2.29. The molecule has 30 heavy (non-hydrogen) atoms. The number of rotatable bonds is 7. The predicted molar refractivity (Wildman–Crippen MR) is 122 cm³/mol. The lowest BCUT2D eigenvalue weighted by Gasteiger charge is -2.26. The summed E-state index contributed by atoms with van der Waals surface area (Å²) in [5.41, 5.74) is 5.94. The van der Waals surface area contributed by atoms with Crippen LogP contribution in [0.5, 0.6) is 0 Å². The van der Waals surface area contributed by atoms with Crippen molar-refractivity contribution in [2.45, 2.75) is 40.8 Å². The first-order valence-electron chi connectivity index (χ1n) is 10.3. The fourth-order valence-corrected chi connectivity index (χ4v) is 3.75. The number of carbonyl (C=O) groups excluding carboxylic acids is 1. The Hall–Kier alpha value is -3.34. The number of aromatic nitrogens is 1. The van der Waals surface area contributed by atoms with Gasteiger partial charge in [-0.05, 0) is 62.6 Å². The van der Waals surface area contributed by atoms with Crippen molar-refractivity contribution in [1.29, 1.82) is 0 Å². The number of nitrogens with one attached hydrogen (secondary N) is 2. The highest BCUT2D eigenvalue weighted by Gasteiger charge is 2.16. The molecule has 5 nitrogen and oxygen atoms in total. The Labute approximate surface area is 177 Å². The average Bonchev–Trinajstić information content (AvgIpc) is 2.72. The third-order valence-electron chi connectivity index (χ3n) is 5.41. The summed E-state index contributed by atoms with van der Waals surface area (Å²) in [4.78, 5) is 30.2. The Balaban J connectivity index is 1.80.